The summed E-state index contributed by atoms with van der Waals surface area (Å²) in [6, 6.07) is 12.1. The second-order valence-electron chi connectivity index (χ2n) is 6.84. The van der Waals surface area contributed by atoms with Crippen LogP contribution in [-0.2, 0) is 4.79 Å². The molecule has 0 spiro atoms. The number of rotatable bonds is 4. The van der Waals surface area contributed by atoms with Gasteiger partial charge in [-0.05, 0) is 44.0 Å². The van der Waals surface area contributed by atoms with Crippen molar-refractivity contribution in [3.63, 3.8) is 0 Å². The maximum Gasteiger partial charge on any atom is 0.306 e. The number of benzene rings is 2. The number of hydrogen-bond acceptors (Lipinski definition) is 4. The van der Waals surface area contributed by atoms with Gasteiger partial charge in [-0.3, -0.25) is 9.59 Å². The van der Waals surface area contributed by atoms with Crippen molar-refractivity contribution in [1.82, 2.24) is 0 Å². The molecule has 0 bridgehead atoms. The summed E-state index contributed by atoms with van der Waals surface area (Å²) >= 11 is 6.20. The third-order valence-corrected chi connectivity index (χ3v) is 5.14. The maximum atomic E-state index is 12.5. The largest absolute Gasteiger partial charge is 0.490 e. The molecule has 5 nitrogen and oxygen atoms in total. The molecule has 1 aliphatic rings. The van der Waals surface area contributed by atoms with Gasteiger partial charge in [0.1, 0.15) is 17.6 Å². The van der Waals surface area contributed by atoms with Crippen molar-refractivity contribution in [2.75, 3.05) is 0 Å². The van der Waals surface area contributed by atoms with Crippen molar-refractivity contribution in [2.24, 2.45) is 5.92 Å². The molecule has 2 aromatic carbocycles. The molecule has 27 heavy (non-hydrogen) atoms. The van der Waals surface area contributed by atoms with E-state index >= 15 is 0 Å². The fourth-order valence-corrected chi connectivity index (χ4v) is 3.47. The summed E-state index contributed by atoms with van der Waals surface area (Å²) in [7, 11) is 0. The van der Waals surface area contributed by atoms with Gasteiger partial charge in [0.05, 0.1) is 21.9 Å². The van der Waals surface area contributed by atoms with E-state index in [0.29, 0.717) is 45.9 Å². The van der Waals surface area contributed by atoms with Crippen LogP contribution in [0.2, 0.25) is 5.02 Å². The quantitative estimate of drug-likeness (QED) is 0.707. The highest BCUT2D eigenvalue weighted by molar-refractivity contribution is 6.34. The Balaban J connectivity index is 1.75. The number of carboxylic acid groups (broad SMARTS) is 1. The van der Waals surface area contributed by atoms with E-state index in [-0.39, 0.29) is 17.5 Å². The molecule has 0 saturated heterocycles. The molecule has 0 unspecified atom stereocenters. The van der Waals surface area contributed by atoms with E-state index < -0.39 is 5.97 Å². The summed E-state index contributed by atoms with van der Waals surface area (Å²) in [6.45, 7) is 1.93. The second kappa shape index (κ2) is 6.74. The Bertz CT molecular complexity index is 1100. The standard InChI is InChI=1S/C21H17ClO5/c1-11-5-6-18(26-13-8-12(9-13)21(24)25)15(7-11)19-10-17(23)14-3-2-4-16(22)20(14)27-19/h2-7,10,12-13H,8-9H2,1H3,(H,24,25). The van der Waals surface area contributed by atoms with Crippen LogP contribution in [0.3, 0.4) is 0 Å². The molecule has 138 valence electrons. The maximum absolute atomic E-state index is 12.5. The number of aryl methyl sites for hydroxylation is 1. The van der Waals surface area contributed by atoms with E-state index in [1.54, 1.807) is 18.2 Å². The molecule has 1 saturated carbocycles. The minimum atomic E-state index is -0.797. The highest BCUT2D eigenvalue weighted by Gasteiger charge is 2.36. The normalized spacial score (nSPS) is 18.9. The van der Waals surface area contributed by atoms with E-state index in [0.717, 1.165) is 5.56 Å². The van der Waals surface area contributed by atoms with Crippen molar-refractivity contribution in [2.45, 2.75) is 25.9 Å². The summed E-state index contributed by atoms with van der Waals surface area (Å²) in [5.74, 6) is -0.229. The van der Waals surface area contributed by atoms with Crippen molar-refractivity contribution in [1.29, 1.82) is 0 Å². The molecule has 3 aromatic rings. The van der Waals surface area contributed by atoms with Gasteiger partial charge in [-0.2, -0.15) is 0 Å². The van der Waals surface area contributed by atoms with Gasteiger partial charge in [0.15, 0.2) is 11.0 Å². The first-order valence-corrected chi connectivity index (χ1v) is 9.03. The Hall–Kier alpha value is -2.79. The fourth-order valence-electron chi connectivity index (χ4n) is 3.26. The summed E-state index contributed by atoms with van der Waals surface area (Å²) in [4.78, 5) is 23.5. The van der Waals surface area contributed by atoms with Gasteiger partial charge in [-0.1, -0.05) is 29.3 Å². The van der Waals surface area contributed by atoms with Crippen molar-refractivity contribution >= 4 is 28.5 Å². The number of para-hydroxylation sites is 1. The SMILES string of the molecule is Cc1ccc(OC2CC(C(=O)O)C2)c(-c2cc(=O)c3cccc(Cl)c3o2)c1. The molecule has 4 rings (SSSR count). The van der Waals surface area contributed by atoms with E-state index in [9.17, 15) is 9.59 Å². The van der Waals surface area contributed by atoms with Gasteiger partial charge in [0.2, 0.25) is 0 Å². The molecule has 0 atom stereocenters. The van der Waals surface area contributed by atoms with Crippen LogP contribution < -0.4 is 10.2 Å². The smallest absolute Gasteiger partial charge is 0.306 e. The average molecular weight is 385 g/mol. The van der Waals surface area contributed by atoms with Gasteiger partial charge >= 0.3 is 5.97 Å². The molecule has 0 aliphatic heterocycles. The molecule has 1 heterocycles. The van der Waals surface area contributed by atoms with Crippen molar-refractivity contribution < 1.29 is 19.1 Å². The van der Waals surface area contributed by atoms with Crippen molar-refractivity contribution in [3.05, 3.63) is 63.3 Å². The van der Waals surface area contributed by atoms with E-state index in [4.69, 9.17) is 25.9 Å². The first-order valence-electron chi connectivity index (χ1n) is 8.65. The lowest BCUT2D eigenvalue weighted by molar-refractivity contribution is -0.147. The molecule has 1 aromatic heterocycles. The van der Waals surface area contributed by atoms with Crippen LogP contribution in [0.1, 0.15) is 18.4 Å². The summed E-state index contributed by atoms with van der Waals surface area (Å²) in [6.07, 6.45) is 0.773. The zero-order chi connectivity index (χ0) is 19.1. The summed E-state index contributed by atoms with van der Waals surface area (Å²) in [5.41, 5.74) is 1.78. The Labute approximate surface area is 160 Å². The van der Waals surface area contributed by atoms with Crippen LogP contribution in [0.25, 0.3) is 22.3 Å². The Kier molecular flexibility index (Phi) is 4.40. The van der Waals surface area contributed by atoms with E-state index in [2.05, 4.69) is 0 Å². The number of fused-ring (bicyclic) bond motifs is 1. The van der Waals surface area contributed by atoms with Crippen LogP contribution in [0.4, 0.5) is 0 Å². The number of hydrogen-bond donors (Lipinski definition) is 1. The minimum absolute atomic E-state index is 0.164. The highest BCUT2D eigenvalue weighted by atomic mass is 35.5. The number of carboxylic acids is 1. The molecule has 0 amide bonds. The first kappa shape index (κ1) is 17.6. The molecular formula is C21H17ClO5. The Morgan fingerprint density at radius 1 is 1.22 bits per heavy atom. The number of ether oxygens (including phenoxy) is 1. The van der Waals surface area contributed by atoms with Crippen molar-refractivity contribution in [3.8, 4) is 17.1 Å². The van der Waals surface area contributed by atoms with E-state index in [1.165, 1.54) is 6.07 Å². The molecular weight excluding hydrogens is 368 g/mol. The molecule has 1 aliphatic carbocycles. The number of carbonyl (C=O) groups is 1. The Morgan fingerprint density at radius 2 is 2.00 bits per heavy atom. The lowest BCUT2D eigenvalue weighted by Crippen LogP contribution is -2.38. The van der Waals surface area contributed by atoms with Gasteiger partial charge < -0.3 is 14.3 Å². The van der Waals surface area contributed by atoms with Crippen LogP contribution in [0, 0.1) is 12.8 Å². The van der Waals surface area contributed by atoms with Gasteiger partial charge in [0.25, 0.3) is 0 Å². The summed E-state index contributed by atoms with van der Waals surface area (Å²) in [5, 5.41) is 9.81. The highest BCUT2D eigenvalue weighted by Crippen LogP contribution is 2.37. The molecule has 0 radical (unpaired) electrons. The topological polar surface area (TPSA) is 76.7 Å². The fraction of sp³-hybridized carbons (Fsp3) is 0.238. The first-order chi connectivity index (χ1) is 12.9. The van der Waals surface area contributed by atoms with Crippen LogP contribution in [0.15, 0.2) is 51.7 Å². The minimum Gasteiger partial charge on any atom is -0.490 e. The van der Waals surface area contributed by atoms with Crippen LogP contribution in [0.5, 0.6) is 5.75 Å². The van der Waals surface area contributed by atoms with E-state index in [1.807, 2.05) is 25.1 Å². The van der Waals surface area contributed by atoms with Gasteiger partial charge in [-0.25, -0.2) is 0 Å². The third kappa shape index (κ3) is 3.30. The monoisotopic (exact) mass is 384 g/mol. The lowest BCUT2D eigenvalue weighted by Gasteiger charge is -2.33. The predicted molar refractivity (Wildman–Crippen MR) is 102 cm³/mol. The lowest BCUT2D eigenvalue weighted by atomic mass is 9.82. The predicted octanol–water partition coefficient (Wildman–Crippen LogP) is 4.66. The zero-order valence-corrected chi connectivity index (χ0v) is 15.3. The zero-order valence-electron chi connectivity index (χ0n) is 14.6. The average Bonchev–Trinajstić information content (AvgIpc) is 2.59. The molecule has 1 fully saturated rings. The van der Waals surface area contributed by atoms with Crippen LogP contribution in [-0.4, -0.2) is 17.2 Å². The Morgan fingerprint density at radius 3 is 2.74 bits per heavy atom. The van der Waals surface area contributed by atoms with Crippen LogP contribution >= 0.6 is 11.6 Å². The summed E-state index contributed by atoms with van der Waals surface area (Å²) < 4.78 is 11.9. The second-order valence-corrected chi connectivity index (χ2v) is 7.24. The molecule has 6 heteroatoms. The number of halogens is 1. The van der Waals surface area contributed by atoms with Gasteiger partial charge in [0, 0.05) is 6.07 Å². The number of aliphatic carboxylic acids is 1. The molecule has 1 N–H and O–H groups in total. The van der Waals surface area contributed by atoms with Gasteiger partial charge in [-0.15, -0.1) is 0 Å². The third-order valence-electron chi connectivity index (χ3n) is 4.84.